The van der Waals surface area contributed by atoms with E-state index in [-0.39, 0.29) is 6.42 Å². The quantitative estimate of drug-likeness (QED) is 0.784. The second-order valence-electron chi connectivity index (χ2n) is 4.59. The van der Waals surface area contributed by atoms with Gasteiger partial charge in [0.25, 0.3) is 0 Å². The van der Waals surface area contributed by atoms with Gasteiger partial charge in [-0.05, 0) is 25.5 Å². The Morgan fingerprint density at radius 3 is 2.53 bits per heavy atom. The van der Waals surface area contributed by atoms with Crippen LogP contribution in [0.4, 0.5) is 0 Å². The van der Waals surface area contributed by atoms with Crippen molar-refractivity contribution in [3.8, 4) is 5.75 Å². The number of aryl methyl sites for hydroxylation is 2. The van der Waals surface area contributed by atoms with Crippen molar-refractivity contribution in [3.05, 3.63) is 28.8 Å². The van der Waals surface area contributed by atoms with Crippen LogP contribution in [0.5, 0.6) is 5.75 Å². The number of hydrogen-bond acceptors (Lipinski definition) is 5. The molecule has 1 aromatic carbocycles. The highest BCUT2D eigenvalue weighted by atomic mass is 16.5. The highest BCUT2D eigenvalue weighted by Crippen LogP contribution is 2.32. The molecule has 0 saturated heterocycles. The Morgan fingerprint density at radius 2 is 2.00 bits per heavy atom. The first-order chi connectivity index (χ1) is 8.90. The maximum atomic E-state index is 11.2. The lowest BCUT2D eigenvalue weighted by molar-refractivity contribution is -0.141. The van der Waals surface area contributed by atoms with E-state index in [4.69, 9.17) is 10.5 Å². The summed E-state index contributed by atoms with van der Waals surface area (Å²) in [5.41, 5.74) is 8.35. The van der Waals surface area contributed by atoms with Crippen LogP contribution in [-0.4, -0.2) is 31.3 Å². The van der Waals surface area contributed by atoms with E-state index in [0.29, 0.717) is 11.3 Å². The monoisotopic (exact) mass is 267 g/mol. The lowest BCUT2D eigenvalue weighted by atomic mass is 9.95. The molecule has 3 N–H and O–H groups in total. The van der Waals surface area contributed by atoms with Crippen LogP contribution in [0.25, 0.3) is 0 Å². The van der Waals surface area contributed by atoms with Crippen molar-refractivity contribution in [2.45, 2.75) is 32.4 Å². The first-order valence-electron chi connectivity index (χ1n) is 6.06. The van der Waals surface area contributed by atoms with E-state index < -0.39 is 18.1 Å². The molecule has 0 heterocycles. The van der Waals surface area contributed by atoms with Crippen LogP contribution in [0, 0.1) is 13.8 Å². The van der Waals surface area contributed by atoms with E-state index in [1.165, 1.54) is 7.11 Å². The zero-order chi connectivity index (χ0) is 14.6. The highest BCUT2D eigenvalue weighted by molar-refractivity contribution is 5.70. The van der Waals surface area contributed by atoms with Gasteiger partial charge in [-0.2, -0.15) is 0 Å². The number of benzene rings is 1. The Bertz CT molecular complexity index is 459. The minimum atomic E-state index is -0.979. The summed E-state index contributed by atoms with van der Waals surface area (Å²) in [6.45, 7) is 3.82. The molecule has 0 aromatic heterocycles. The fourth-order valence-corrected chi connectivity index (χ4v) is 2.10. The molecule has 0 amide bonds. The Hall–Kier alpha value is -1.59. The van der Waals surface area contributed by atoms with Crippen molar-refractivity contribution >= 4 is 5.97 Å². The molecular weight excluding hydrogens is 246 g/mol. The molecule has 5 heteroatoms. The van der Waals surface area contributed by atoms with Crippen molar-refractivity contribution in [1.82, 2.24) is 0 Å². The molecule has 0 fully saturated rings. The summed E-state index contributed by atoms with van der Waals surface area (Å²) in [5.74, 6) is 0.147. The van der Waals surface area contributed by atoms with Crippen LogP contribution in [-0.2, 0) is 9.53 Å². The van der Waals surface area contributed by atoms with Gasteiger partial charge < -0.3 is 20.3 Å². The predicted molar refractivity (Wildman–Crippen MR) is 72.0 cm³/mol. The van der Waals surface area contributed by atoms with Crippen molar-refractivity contribution in [2.24, 2.45) is 5.73 Å². The number of aliphatic hydroxyl groups excluding tert-OH is 1. The second-order valence-corrected chi connectivity index (χ2v) is 4.59. The van der Waals surface area contributed by atoms with E-state index in [1.54, 1.807) is 7.11 Å². The van der Waals surface area contributed by atoms with Gasteiger partial charge in [-0.15, -0.1) is 0 Å². The molecule has 0 saturated carbocycles. The Balaban J connectivity index is 3.04. The molecule has 0 aliphatic carbocycles. The molecule has 0 aliphatic heterocycles. The third-order valence-corrected chi connectivity index (χ3v) is 3.01. The van der Waals surface area contributed by atoms with E-state index in [2.05, 4.69) is 4.74 Å². The second kappa shape index (κ2) is 6.54. The van der Waals surface area contributed by atoms with Gasteiger partial charge in [-0.3, -0.25) is 4.79 Å². The van der Waals surface area contributed by atoms with E-state index in [0.717, 1.165) is 11.1 Å². The number of carbonyl (C=O) groups excluding carboxylic acids is 1. The van der Waals surface area contributed by atoms with Crippen LogP contribution in [0.3, 0.4) is 0 Å². The molecule has 2 unspecified atom stereocenters. The van der Waals surface area contributed by atoms with Gasteiger partial charge in [-0.25, -0.2) is 0 Å². The SMILES string of the molecule is COC(=O)CC(N)C(O)c1cc(C)cc(C)c1OC. The average Bonchev–Trinajstić information content (AvgIpc) is 2.36. The van der Waals surface area contributed by atoms with Crippen LogP contribution in [0.1, 0.15) is 29.2 Å². The maximum absolute atomic E-state index is 11.2. The minimum absolute atomic E-state index is 0.0478. The number of esters is 1. The third-order valence-electron chi connectivity index (χ3n) is 3.01. The summed E-state index contributed by atoms with van der Waals surface area (Å²) in [6.07, 6.45) is -1.03. The summed E-state index contributed by atoms with van der Waals surface area (Å²) in [7, 11) is 2.83. The van der Waals surface area contributed by atoms with Crippen molar-refractivity contribution < 1.29 is 19.4 Å². The molecule has 0 spiro atoms. The maximum Gasteiger partial charge on any atom is 0.307 e. The molecule has 19 heavy (non-hydrogen) atoms. The lowest BCUT2D eigenvalue weighted by Gasteiger charge is -2.22. The van der Waals surface area contributed by atoms with Gasteiger partial charge in [0, 0.05) is 11.6 Å². The van der Waals surface area contributed by atoms with Crippen molar-refractivity contribution in [1.29, 1.82) is 0 Å². The summed E-state index contributed by atoms with van der Waals surface area (Å²) < 4.78 is 9.85. The summed E-state index contributed by atoms with van der Waals surface area (Å²) in [4.78, 5) is 11.2. The van der Waals surface area contributed by atoms with E-state index in [9.17, 15) is 9.90 Å². The smallest absolute Gasteiger partial charge is 0.307 e. The number of ether oxygens (including phenoxy) is 2. The standard InChI is InChI=1S/C14H21NO4/c1-8-5-9(2)14(19-4)10(6-8)13(17)11(15)7-12(16)18-3/h5-6,11,13,17H,7,15H2,1-4H3. The van der Waals surface area contributed by atoms with Gasteiger partial charge in [0.05, 0.1) is 26.7 Å². The predicted octanol–water partition coefficient (Wildman–Crippen LogP) is 1.24. The minimum Gasteiger partial charge on any atom is -0.496 e. The Morgan fingerprint density at radius 1 is 1.37 bits per heavy atom. The molecule has 106 valence electrons. The molecule has 0 radical (unpaired) electrons. The number of aliphatic hydroxyl groups is 1. The Kier molecular flexibility index (Phi) is 5.32. The van der Waals surface area contributed by atoms with Crippen LogP contribution < -0.4 is 10.5 Å². The number of hydrogen-bond donors (Lipinski definition) is 2. The van der Waals surface area contributed by atoms with Crippen molar-refractivity contribution in [3.63, 3.8) is 0 Å². The molecule has 0 bridgehead atoms. The third kappa shape index (κ3) is 3.68. The fourth-order valence-electron chi connectivity index (χ4n) is 2.10. The molecule has 0 aliphatic rings. The molecular formula is C14H21NO4. The number of nitrogens with two attached hydrogens (primary N) is 1. The fraction of sp³-hybridized carbons (Fsp3) is 0.500. The van der Waals surface area contributed by atoms with Gasteiger partial charge in [-0.1, -0.05) is 11.6 Å². The summed E-state index contributed by atoms with van der Waals surface area (Å²) in [6, 6.07) is 3.04. The number of methoxy groups -OCH3 is 2. The zero-order valence-electron chi connectivity index (χ0n) is 11.8. The van der Waals surface area contributed by atoms with Gasteiger partial charge in [0.15, 0.2) is 0 Å². The van der Waals surface area contributed by atoms with Gasteiger partial charge in [0.1, 0.15) is 5.75 Å². The van der Waals surface area contributed by atoms with Crippen LogP contribution >= 0.6 is 0 Å². The van der Waals surface area contributed by atoms with Crippen LogP contribution in [0.2, 0.25) is 0 Å². The lowest BCUT2D eigenvalue weighted by Crippen LogP contribution is -2.31. The van der Waals surface area contributed by atoms with E-state index in [1.807, 2.05) is 26.0 Å². The number of carbonyl (C=O) groups is 1. The van der Waals surface area contributed by atoms with Crippen molar-refractivity contribution in [2.75, 3.05) is 14.2 Å². The first kappa shape index (κ1) is 15.5. The number of rotatable bonds is 5. The summed E-state index contributed by atoms with van der Waals surface area (Å²) >= 11 is 0. The molecule has 2 atom stereocenters. The zero-order valence-corrected chi connectivity index (χ0v) is 11.8. The summed E-state index contributed by atoms with van der Waals surface area (Å²) in [5, 5.41) is 10.3. The Labute approximate surface area is 113 Å². The molecule has 1 aromatic rings. The average molecular weight is 267 g/mol. The van der Waals surface area contributed by atoms with E-state index >= 15 is 0 Å². The molecule has 1 rings (SSSR count). The van der Waals surface area contributed by atoms with Gasteiger partial charge in [0.2, 0.25) is 0 Å². The normalized spacial score (nSPS) is 13.8. The highest BCUT2D eigenvalue weighted by Gasteiger charge is 2.24. The largest absolute Gasteiger partial charge is 0.496 e. The van der Waals surface area contributed by atoms with Gasteiger partial charge >= 0.3 is 5.97 Å². The molecule has 5 nitrogen and oxygen atoms in total. The first-order valence-corrected chi connectivity index (χ1v) is 6.06. The van der Waals surface area contributed by atoms with Crippen LogP contribution in [0.15, 0.2) is 12.1 Å². The topological polar surface area (TPSA) is 81.8 Å².